The van der Waals surface area contributed by atoms with Crippen LogP contribution >= 0.6 is 0 Å². The van der Waals surface area contributed by atoms with Crippen LogP contribution in [0.25, 0.3) is 0 Å². The number of carbonyl (C=O) groups is 1. The van der Waals surface area contributed by atoms with Gasteiger partial charge in [0.05, 0.1) is 5.56 Å². The Balaban J connectivity index is 3.68. The lowest BCUT2D eigenvalue weighted by Crippen LogP contribution is -2.08. The molecule has 0 saturated heterocycles. The molecule has 0 spiro atoms. The molecule has 0 bridgehead atoms. The van der Waals surface area contributed by atoms with Crippen LogP contribution in [0.1, 0.15) is 38.2 Å². The summed E-state index contributed by atoms with van der Waals surface area (Å²) in [4.78, 5) is 11.1. The Bertz CT molecular complexity index is 374. The third kappa shape index (κ3) is 1.41. The Morgan fingerprint density at radius 3 is 1.36 bits per heavy atom. The van der Waals surface area contributed by atoms with E-state index < -0.39 is 5.97 Å². The van der Waals surface area contributed by atoms with Gasteiger partial charge in [0.25, 0.3) is 0 Å². The van der Waals surface area contributed by atoms with Gasteiger partial charge in [0, 0.05) is 0 Å². The van der Waals surface area contributed by atoms with E-state index in [1.165, 1.54) is 5.56 Å². The molecular formula is C12H16O2. The molecule has 0 amide bonds. The lowest BCUT2D eigenvalue weighted by Gasteiger charge is -2.15. The van der Waals surface area contributed by atoms with Gasteiger partial charge in [0.2, 0.25) is 0 Å². The largest absolute Gasteiger partial charge is 0.478 e. The fraction of sp³-hybridized carbons (Fsp3) is 0.417. The van der Waals surface area contributed by atoms with E-state index >= 15 is 0 Å². The maximum atomic E-state index is 11.1. The summed E-state index contributed by atoms with van der Waals surface area (Å²) >= 11 is 0. The first kappa shape index (κ1) is 10.8. The Labute approximate surface area is 84.6 Å². The second kappa shape index (κ2) is 3.45. The van der Waals surface area contributed by atoms with Crippen LogP contribution in [0.15, 0.2) is 0 Å². The van der Waals surface area contributed by atoms with Crippen molar-refractivity contribution in [3.63, 3.8) is 0 Å². The van der Waals surface area contributed by atoms with E-state index in [1.807, 2.05) is 34.6 Å². The van der Waals surface area contributed by atoms with Crippen molar-refractivity contribution in [3.8, 4) is 0 Å². The predicted octanol–water partition coefficient (Wildman–Crippen LogP) is 2.93. The summed E-state index contributed by atoms with van der Waals surface area (Å²) in [7, 11) is 0. The normalized spacial score (nSPS) is 10.4. The summed E-state index contributed by atoms with van der Waals surface area (Å²) < 4.78 is 0. The van der Waals surface area contributed by atoms with E-state index in [-0.39, 0.29) is 0 Å². The van der Waals surface area contributed by atoms with E-state index in [9.17, 15) is 4.79 Å². The zero-order valence-electron chi connectivity index (χ0n) is 9.36. The summed E-state index contributed by atoms with van der Waals surface area (Å²) in [5.74, 6) is -0.828. The first-order valence-corrected chi connectivity index (χ1v) is 4.68. The molecule has 1 aromatic carbocycles. The summed E-state index contributed by atoms with van der Waals surface area (Å²) in [5, 5.41) is 9.09. The third-order valence-corrected chi connectivity index (χ3v) is 3.21. The number of rotatable bonds is 1. The van der Waals surface area contributed by atoms with Crippen LogP contribution in [-0.2, 0) is 0 Å². The molecule has 0 fully saturated rings. The maximum absolute atomic E-state index is 11.1. The zero-order valence-corrected chi connectivity index (χ0v) is 9.36. The molecule has 2 nitrogen and oxygen atoms in total. The molecule has 14 heavy (non-hydrogen) atoms. The van der Waals surface area contributed by atoms with Gasteiger partial charge in [-0.05, 0) is 62.4 Å². The highest BCUT2D eigenvalue weighted by Crippen LogP contribution is 2.25. The minimum absolute atomic E-state index is 0.464. The molecule has 0 saturated carbocycles. The summed E-state index contributed by atoms with van der Waals surface area (Å²) in [6, 6.07) is 0. The number of carboxylic acid groups (broad SMARTS) is 1. The minimum atomic E-state index is -0.828. The van der Waals surface area contributed by atoms with Gasteiger partial charge in [-0.1, -0.05) is 0 Å². The maximum Gasteiger partial charge on any atom is 0.336 e. The van der Waals surface area contributed by atoms with E-state index in [4.69, 9.17) is 5.11 Å². The molecule has 0 aliphatic carbocycles. The molecule has 1 aromatic rings. The minimum Gasteiger partial charge on any atom is -0.478 e. The highest BCUT2D eigenvalue weighted by Gasteiger charge is 2.16. The van der Waals surface area contributed by atoms with Crippen molar-refractivity contribution in [2.24, 2.45) is 0 Å². The van der Waals surface area contributed by atoms with Crippen molar-refractivity contribution in [2.75, 3.05) is 0 Å². The summed E-state index contributed by atoms with van der Waals surface area (Å²) in [6.07, 6.45) is 0. The van der Waals surface area contributed by atoms with Gasteiger partial charge in [0.15, 0.2) is 0 Å². The standard InChI is InChI=1S/C12H16O2/c1-6-7(2)9(4)11(12(13)14)10(5)8(6)3/h1-5H3,(H,13,14). The van der Waals surface area contributed by atoms with Gasteiger partial charge in [0.1, 0.15) is 0 Å². The Kier molecular flexibility index (Phi) is 2.65. The van der Waals surface area contributed by atoms with Crippen molar-refractivity contribution >= 4 is 5.97 Å². The van der Waals surface area contributed by atoms with Crippen LogP contribution in [0.4, 0.5) is 0 Å². The van der Waals surface area contributed by atoms with Crippen LogP contribution in [0.5, 0.6) is 0 Å². The van der Waals surface area contributed by atoms with E-state index in [0.717, 1.165) is 22.3 Å². The summed E-state index contributed by atoms with van der Waals surface area (Å²) in [5.41, 5.74) is 5.61. The highest BCUT2D eigenvalue weighted by atomic mass is 16.4. The molecule has 0 aliphatic rings. The first-order valence-electron chi connectivity index (χ1n) is 4.68. The second-order valence-electron chi connectivity index (χ2n) is 3.81. The molecule has 0 unspecified atom stereocenters. The van der Waals surface area contributed by atoms with Crippen LogP contribution in [0.2, 0.25) is 0 Å². The first-order chi connectivity index (χ1) is 6.37. The van der Waals surface area contributed by atoms with Gasteiger partial charge in [-0.2, -0.15) is 0 Å². The van der Waals surface area contributed by atoms with Crippen LogP contribution in [0, 0.1) is 34.6 Å². The van der Waals surface area contributed by atoms with Crippen molar-refractivity contribution < 1.29 is 9.90 Å². The molecule has 0 heterocycles. The molecule has 0 aliphatic heterocycles. The molecule has 1 rings (SSSR count). The molecule has 0 radical (unpaired) electrons. The number of benzene rings is 1. The monoisotopic (exact) mass is 192 g/mol. The summed E-state index contributed by atoms with van der Waals surface area (Å²) in [6.45, 7) is 9.74. The molecular weight excluding hydrogens is 176 g/mol. The van der Waals surface area contributed by atoms with Crippen molar-refractivity contribution in [3.05, 3.63) is 33.4 Å². The van der Waals surface area contributed by atoms with Crippen LogP contribution in [0.3, 0.4) is 0 Å². The van der Waals surface area contributed by atoms with Gasteiger partial charge >= 0.3 is 5.97 Å². The third-order valence-electron chi connectivity index (χ3n) is 3.21. The molecule has 76 valence electrons. The van der Waals surface area contributed by atoms with Crippen molar-refractivity contribution in [1.82, 2.24) is 0 Å². The topological polar surface area (TPSA) is 37.3 Å². The number of hydrogen-bond donors (Lipinski definition) is 1. The molecule has 2 heteroatoms. The molecule has 0 aromatic heterocycles. The van der Waals surface area contributed by atoms with Gasteiger partial charge in [-0.3, -0.25) is 0 Å². The number of hydrogen-bond acceptors (Lipinski definition) is 1. The average Bonchev–Trinajstić information content (AvgIpc) is 2.11. The Morgan fingerprint density at radius 1 is 0.786 bits per heavy atom. The lowest BCUT2D eigenvalue weighted by atomic mass is 9.90. The number of carboxylic acids is 1. The fourth-order valence-corrected chi connectivity index (χ4v) is 1.82. The van der Waals surface area contributed by atoms with E-state index in [1.54, 1.807) is 0 Å². The van der Waals surface area contributed by atoms with Crippen molar-refractivity contribution in [1.29, 1.82) is 0 Å². The average molecular weight is 192 g/mol. The van der Waals surface area contributed by atoms with Crippen LogP contribution in [-0.4, -0.2) is 11.1 Å². The SMILES string of the molecule is Cc1c(C)c(C)c(C(=O)O)c(C)c1C. The van der Waals surface area contributed by atoms with Gasteiger partial charge < -0.3 is 5.11 Å². The second-order valence-corrected chi connectivity index (χ2v) is 3.81. The fourth-order valence-electron chi connectivity index (χ4n) is 1.82. The van der Waals surface area contributed by atoms with Crippen molar-refractivity contribution in [2.45, 2.75) is 34.6 Å². The van der Waals surface area contributed by atoms with Gasteiger partial charge in [-0.25, -0.2) is 4.79 Å². The van der Waals surface area contributed by atoms with Crippen LogP contribution < -0.4 is 0 Å². The van der Waals surface area contributed by atoms with E-state index in [2.05, 4.69) is 0 Å². The molecule has 1 N–H and O–H groups in total. The Hall–Kier alpha value is -1.31. The smallest absolute Gasteiger partial charge is 0.336 e. The molecule has 0 atom stereocenters. The highest BCUT2D eigenvalue weighted by molar-refractivity contribution is 5.92. The predicted molar refractivity (Wildman–Crippen MR) is 57.1 cm³/mol. The number of aromatic carboxylic acids is 1. The zero-order chi connectivity index (χ0) is 11.0. The Morgan fingerprint density at radius 2 is 1.07 bits per heavy atom. The van der Waals surface area contributed by atoms with Gasteiger partial charge in [-0.15, -0.1) is 0 Å². The lowest BCUT2D eigenvalue weighted by molar-refractivity contribution is 0.0695. The van der Waals surface area contributed by atoms with E-state index in [0.29, 0.717) is 5.56 Å². The quantitative estimate of drug-likeness (QED) is 0.742.